The highest BCUT2D eigenvalue weighted by atomic mass is 32.2. The third-order valence-electron chi connectivity index (χ3n) is 6.09. The summed E-state index contributed by atoms with van der Waals surface area (Å²) < 4.78 is 93.8. The molecule has 1 aromatic heterocycles. The summed E-state index contributed by atoms with van der Waals surface area (Å²) in [7, 11) is -4.17. The number of benzene rings is 1. The van der Waals surface area contributed by atoms with Crippen molar-refractivity contribution < 1.29 is 40.0 Å². The first-order valence-corrected chi connectivity index (χ1v) is 13.5. The highest BCUT2D eigenvalue weighted by Crippen LogP contribution is 2.31. The molecule has 2 amide bonds. The largest absolute Gasteiger partial charge is 0.435 e. The Morgan fingerprint density at radius 1 is 1.03 bits per heavy atom. The molecule has 0 radical (unpaired) electrons. The Morgan fingerprint density at radius 3 is 2.21 bits per heavy atom. The van der Waals surface area contributed by atoms with Gasteiger partial charge in [0.05, 0.1) is 11.3 Å². The molecule has 1 fully saturated rings. The summed E-state index contributed by atoms with van der Waals surface area (Å²) in [6.45, 7) is 0.782. The molecule has 2 heterocycles. The minimum Gasteiger partial charge on any atom is -0.354 e. The second kappa shape index (κ2) is 11.8. The Morgan fingerprint density at radius 2 is 1.63 bits per heavy atom. The lowest BCUT2D eigenvalue weighted by atomic mass is 9.97. The molecule has 1 saturated heterocycles. The van der Waals surface area contributed by atoms with E-state index in [1.165, 1.54) is 19.1 Å². The average Bonchev–Trinajstić information content (AvgIpc) is 3.33. The number of nitrogens with zero attached hydrogens (tertiary/aromatic N) is 3. The molecule has 0 aliphatic carbocycles. The SMILES string of the molecule is CCC(F)(F)CS(=O)(=O)N1CCC(C(=O)NCCNC(=O)c2cn(-c3ccccc3)nc2C(F)(F)F)CC1. The molecule has 1 aliphatic heterocycles. The molecule has 2 aromatic rings. The van der Waals surface area contributed by atoms with Crippen molar-refractivity contribution in [1.29, 1.82) is 0 Å². The van der Waals surface area contributed by atoms with Crippen molar-refractivity contribution in [3.8, 4) is 5.69 Å². The second-order valence-electron chi connectivity index (χ2n) is 8.86. The van der Waals surface area contributed by atoms with Gasteiger partial charge in [-0.2, -0.15) is 18.3 Å². The van der Waals surface area contributed by atoms with Gasteiger partial charge in [0.15, 0.2) is 5.69 Å². The zero-order chi connectivity index (χ0) is 28.1. The second-order valence-corrected chi connectivity index (χ2v) is 10.8. The lowest BCUT2D eigenvalue weighted by molar-refractivity contribution is -0.141. The number of hydrogen-bond acceptors (Lipinski definition) is 5. The molecule has 210 valence electrons. The molecular formula is C23H28F5N5O4S. The van der Waals surface area contributed by atoms with Crippen LogP contribution in [0.15, 0.2) is 36.5 Å². The summed E-state index contributed by atoms with van der Waals surface area (Å²) in [5.41, 5.74) is -1.68. The van der Waals surface area contributed by atoms with Gasteiger partial charge >= 0.3 is 6.18 Å². The average molecular weight is 566 g/mol. The van der Waals surface area contributed by atoms with E-state index in [0.29, 0.717) is 5.69 Å². The summed E-state index contributed by atoms with van der Waals surface area (Å²) in [5.74, 6) is -6.63. The summed E-state index contributed by atoms with van der Waals surface area (Å²) in [6, 6.07) is 7.97. The number of halogens is 5. The Labute approximate surface area is 216 Å². The number of aromatic nitrogens is 2. The van der Waals surface area contributed by atoms with Crippen LogP contribution in [0.25, 0.3) is 5.69 Å². The van der Waals surface area contributed by atoms with Gasteiger partial charge in [-0.1, -0.05) is 25.1 Å². The third kappa shape index (κ3) is 7.49. The maximum absolute atomic E-state index is 13.5. The molecule has 38 heavy (non-hydrogen) atoms. The zero-order valence-corrected chi connectivity index (χ0v) is 21.3. The lowest BCUT2D eigenvalue weighted by Gasteiger charge is -2.31. The summed E-state index contributed by atoms with van der Waals surface area (Å²) in [4.78, 5) is 24.9. The number of nitrogens with one attached hydrogen (secondary N) is 2. The van der Waals surface area contributed by atoms with Crippen LogP contribution in [0.4, 0.5) is 22.0 Å². The van der Waals surface area contributed by atoms with Crippen LogP contribution in [0.5, 0.6) is 0 Å². The van der Waals surface area contributed by atoms with E-state index < -0.39 is 63.3 Å². The minimum atomic E-state index is -4.87. The molecule has 2 N–H and O–H groups in total. The molecule has 0 unspecified atom stereocenters. The van der Waals surface area contributed by atoms with Crippen molar-refractivity contribution in [2.75, 3.05) is 31.9 Å². The van der Waals surface area contributed by atoms with Crippen LogP contribution in [0.2, 0.25) is 0 Å². The van der Waals surface area contributed by atoms with E-state index in [2.05, 4.69) is 15.7 Å². The standard InChI is InChI=1S/C23H28F5N5O4S/c1-2-22(24,25)15-38(36,37)32-12-8-16(9-13-32)20(34)29-10-11-30-21(35)18-14-33(17-6-4-3-5-7-17)31-19(18)23(26,27)28/h3-7,14,16H,2,8-13,15H2,1H3,(H,29,34)(H,30,35). The van der Waals surface area contributed by atoms with Crippen molar-refractivity contribution >= 4 is 21.8 Å². The number of amides is 2. The smallest absolute Gasteiger partial charge is 0.354 e. The van der Waals surface area contributed by atoms with Crippen molar-refractivity contribution in [3.05, 3.63) is 47.8 Å². The Kier molecular flexibility index (Phi) is 9.13. The van der Waals surface area contributed by atoms with Crippen molar-refractivity contribution in [1.82, 2.24) is 24.7 Å². The fourth-order valence-electron chi connectivity index (χ4n) is 3.92. The number of piperidine rings is 1. The first-order valence-electron chi connectivity index (χ1n) is 11.9. The first-order chi connectivity index (χ1) is 17.7. The summed E-state index contributed by atoms with van der Waals surface area (Å²) in [6.07, 6.45) is -4.24. The van der Waals surface area contributed by atoms with Crippen LogP contribution in [0.3, 0.4) is 0 Å². The quantitative estimate of drug-likeness (QED) is 0.340. The van der Waals surface area contributed by atoms with Gasteiger partial charge in [0.1, 0.15) is 5.75 Å². The van der Waals surface area contributed by atoms with Gasteiger partial charge in [0.25, 0.3) is 11.8 Å². The molecule has 1 aliphatic rings. The number of carbonyl (C=O) groups is 2. The van der Waals surface area contributed by atoms with E-state index in [-0.39, 0.29) is 39.0 Å². The molecule has 15 heteroatoms. The number of sulfonamides is 1. The monoisotopic (exact) mass is 565 g/mol. The van der Waals surface area contributed by atoms with Gasteiger partial charge in [-0.25, -0.2) is 26.2 Å². The van der Waals surface area contributed by atoms with Crippen LogP contribution in [0, 0.1) is 5.92 Å². The highest BCUT2D eigenvalue weighted by Gasteiger charge is 2.40. The normalized spacial score (nSPS) is 15.8. The minimum absolute atomic E-state index is 0.0808. The van der Waals surface area contributed by atoms with Gasteiger partial charge in [-0.05, 0) is 25.0 Å². The van der Waals surface area contributed by atoms with Gasteiger partial charge in [-0.15, -0.1) is 0 Å². The summed E-state index contributed by atoms with van der Waals surface area (Å²) in [5, 5.41) is 8.39. The van der Waals surface area contributed by atoms with Crippen LogP contribution in [-0.4, -0.2) is 72.2 Å². The van der Waals surface area contributed by atoms with Crippen LogP contribution in [-0.2, 0) is 21.0 Å². The number of carbonyl (C=O) groups excluding carboxylic acids is 2. The predicted octanol–water partition coefficient (Wildman–Crippen LogP) is 2.82. The van der Waals surface area contributed by atoms with E-state index in [1.54, 1.807) is 18.2 Å². The molecule has 0 saturated carbocycles. The van der Waals surface area contributed by atoms with E-state index in [9.17, 15) is 40.0 Å². The predicted molar refractivity (Wildman–Crippen MR) is 127 cm³/mol. The Balaban J connectivity index is 1.49. The van der Waals surface area contributed by atoms with Gasteiger partial charge in [0.2, 0.25) is 15.9 Å². The fraction of sp³-hybridized carbons (Fsp3) is 0.522. The summed E-state index contributed by atoms with van der Waals surface area (Å²) >= 11 is 0. The number of hydrogen-bond donors (Lipinski definition) is 2. The van der Waals surface area contributed by atoms with Crippen LogP contribution < -0.4 is 10.6 Å². The Hall–Kier alpha value is -3.07. The van der Waals surface area contributed by atoms with Crippen LogP contribution >= 0.6 is 0 Å². The van der Waals surface area contributed by atoms with Gasteiger partial charge in [-0.3, -0.25) is 9.59 Å². The highest BCUT2D eigenvalue weighted by molar-refractivity contribution is 7.89. The number of rotatable bonds is 10. The number of alkyl halides is 5. The maximum atomic E-state index is 13.5. The number of para-hydroxylation sites is 1. The van der Waals surface area contributed by atoms with Crippen molar-refractivity contribution in [2.45, 2.75) is 38.3 Å². The zero-order valence-electron chi connectivity index (χ0n) is 20.5. The molecule has 0 atom stereocenters. The van der Waals surface area contributed by atoms with Gasteiger partial charge in [0, 0.05) is 44.7 Å². The van der Waals surface area contributed by atoms with E-state index in [1.807, 2.05) is 0 Å². The third-order valence-corrected chi connectivity index (χ3v) is 8.03. The van der Waals surface area contributed by atoms with Crippen molar-refractivity contribution in [3.63, 3.8) is 0 Å². The lowest BCUT2D eigenvalue weighted by Crippen LogP contribution is -2.46. The van der Waals surface area contributed by atoms with E-state index >= 15 is 0 Å². The molecule has 9 nitrogen and oxygen atoms in total. The van der Waals surface area contributed by atoms with E-state index in [0.717, 1.165) is 15.2 Å². The molecule has 1 aromatic carbocycles. The molecule has 0 spiro atoms. The molecular weight excluding hydrogens is 537 g/mol. The molecule has 3 rings (SSSR count). The van der Waals surface area contributed by atoms with Crippen LogP contribution in [0.1, 0.15) is 42.2 Å². The first kappa shape index (κ1) is 29.5. The maximum Gasteiger partial charge on any atom is 0.435 e. The Bertz CT molecular complexity index is 1230. The van der Waals surface area contributed by atoms with E-state index in [4.69, 9.17) is 0 Å². The molecule has 0 bridgehead atoms. The fourth-order valence-corrected chi connectivity index (χ4v) is 5.61. The van der Waals surface area contributed by atoms with Gasteiger partial charge < -0.3 is 10.6 Å². The van der Waals surface area contributed by atoms with Crippen molar-refractivity contribution in [2.24, 2.45) is 5.92 Å². The topological polar surface area (TPSA) is 113 Å².